The summed E-state index contributed by atoms with van der Waals surface area (Å²) < 4.78 is 16.3. The molecule has 0 fully saturated rings. The van der Waals surface area contributed by atoms with Crippen molar-refractivity contribution in [3.05, 3.63) is 52.0 Å². The lowest BCUT2D eigenvalue weighted by atomic mass is 10.0. The van der Waals surface area contributed by atoms with E-state index in [0.29, 0.717) is 4.47 Å². The summed E-state index contributed by atoms with van der Waals surface area (Å²) in [7, 11) is 0. The molecule has 0 spiro atoms. The maximum absolute atomic E-state index is 13.9. The molecule has 114 valence electrons. The highest BCUT2D eigenvalue weighted by molar-refractivity contribution is 9.10. The van der Waals surface area contributed by atoms with E-state index in [4.69, 9.17) is 0 Å². The molecule has 1 aromatic carbocycles. The normalized spacial score (nSPS) is 12.6. The Hall–Kier alpha value is -1.20. The van der Waals surface area contributed by atoms with Gasteiger partial charge < -0.3 is 5.32 Å². The highest BCUT2D eigenvalue weighted by Gasteiger charge is 2.18. The van der Waals surface area contributed by atoms with Gasteiger partial charge in [-0.1, -0.05) is 19.9 Å². The Kier molecular flexibility index (Phi) is 5.94. The fourth-order valence-corrected chi connectivity index (χ4v) is 2.61. The van der Waals surface area contributed by atoms with E-state index in [1.165, 1.54) is 0 Å². The number of nitrogens with one attached hydrogen (secondary N) is 1. The van der Waals surface area contributed by atoms with Crippen molar-refractivity contribution in [3.63, 3.8) is 0 Å². The molecule has 0 saturated heterocycles. The van der Waals surface area contributed by atoms with Crippen LogP contribution in [0.5, 0.6) is 0 Å². The molecule has 1 unspecified atom stereocenters. The van der Waals surface area contributed by atoms with Gasteiger partial charge in [-0.3, -0.25) is 4.68 Å². The first-order valence-corrected chi connectivity index (χ1v) is 8.16. The van der Waals surface area contributed by atoms with Gasteiger partial charge in [-0.15, -0.1) is 0 Å². The van der Waals surface area contributed by atoms with Crippen LogP contribution in [0.2, 0.25) is 0 Å². The lowest BCUT2D eigenvalue weighted by Crippen LogP contribution is -2.26. The van der Waals surface area contributed by atoms with Crippen LogP contribution in [0.3, 0.4) is 0 Å². The van der Waals surface area contributed by atoms with E-state index in [9.17, 15) is 4.39 Å². The van der Waals surface area contributed by atoms with E-state index in [1.807, 2.05) is 16.8 Å². The zero-order valence-electron chi connectivity index (χ0n) is 12.4. The Morgan fingerprint density at radius 1 is 1.29 bits per heavy atom. The summed E-state index contributed by atoms with van der Waals surface area (Å²) in [6, 6.07) is 7.25. The topological polar surface area (TPSA) is 29.9 Å². The second-order valence-electron chi connectivity index (χ2n) is 5.04. The Balaban J connectivity index is 2.37. The molecule has 0 radical (unpaired) electrons. The molecular weight excluding hydrogens is 333 g/mol. The van der Waals surface area contributed by atoms with Crippen LogP contribution >= 0.6 is 15.9 Å². The molecule has 0 bridgehead atoms. The quantitative estimate of drug-likeness (QED) is 0.804. The van der Waals surface area contributed by atoms with Crippen LogP contribution in [-0.4, -0.2) is 16.3 Å². The van der Waals surface area contributed by atoms with Gasteiger partial charge in [-0.05, 0) is 59.1 Å². The van der Waals surface area contributed by atoms with Crippen molar-refractivity contribution < 1.29 is 4.39 Å². The summed E-state index contributed by atoms with van der Waals surface area (Å²) in [6.45, 7) is 5.99. The molecule has 5 heteroatoms. The van der Waals surface area contributed by atoms with Crippen molar-refractivity contribution in [2.45, 2.75) is 39.3 Å². The molecule has 2 rings (SSSR count). The second kappa shape index (κ2) is 7.71. The fraction of sp³-hybridized carbons (Fsp3) is 0.438. The molecule has 0 saturated carbocycles. The summed E-state index contributed by atoms with van der Waals surface area (Å²) in [5.74, 6) is -0.239. The number of aryl methyl sites for hydroxylation is 1. The first-order chi connectivity index (χ1) is 10.2. The van der Waals surface area contributed by atoms with E-state index < -0.39 is 0 Å². The minimum Gasteiger partial charge on any atom is -0.305 e. The van der Waals surface area contributed by atoms with Crippen LogP contribution in [0.4, 0.5) is 4.39 Å². The van der Waals surface area contributed by atoms with Gasteiger partial charge in [0, 0.05) is 12.7 Å². The Bertz CT molecular complexity index is 583. The fourth-order valence-electron chi connectivity index (χ4n) is 2.36. The average molecular weight is 354 g/mol. The van der Waals surface area contributed by atoms with Crippen LogP contribution in [-0.2, 0) is 6.54 Å². The molecule has 2 aromatic rings. The third-order valence-corrected chi connectivity index (χ3v) is 4.00. The molecule has 3 nitrogen and oxygen atoms in total. The number of nitrogens with zero attached hydrogens (tertiary/aromatic N) is 2. The summed E-state index contributed by atoms with van der Waals surface area (Å²) in [6.07, 6.45) is 3.85. The Morgan fingerprint density at radius 2 is 2.10 bits per heavy atom. The van der Waals surface area contributed by atoms with Crippen LogP contribution in [0, 0.1) is 5.82 Å². The van der Waals surface area contributed by atoms with Gasteiger partial charge in [0.05, 0.1) is 16.2 Å². The predicted octanol–water partition coefficient (Wildman–Crippen LogP) is 4.28. The SMILES string of the molecule is CCCNC(c1ccc(Br)c(F)c1)c1ccnn1CCC. The van der Waals surface area contributed by atoms with Gasteiger partial charge in [0.15, 0.2) is 0 Å². The minimum absolute atomic E-state index is 0.0402. The average Bonchev–Trinajstić information content (AvgIpc) is 2.92. The molecule has 1 atom stereocenters. The summed E-state index contributed by atoms with van der Waals surface area (Å²) in [5, 5.41) is 7.86. The van der Waals surface area contributed by atoms with E-state index in [0.717, 1.165) is 37.2 Å². The second-order valence-corrected chi connectivity index (χ2v) is 5.89. The standard InChI is InChI=1S/C16H21BrFN3/c1-3-8-19-16(12-5-6-13(17)14(18)11-12)15-7-9-20-21(15)10-4-2/h5-7,9,11,16,19H,3-4,8,10H2,1-2H3. The largest absolute Gasteiger partial charge is 0.305 e. The minimum atomic E-state index is -0.239. The molecule has 1 aromatic heterocycles. The zero-order valence-corrected chi connectivity index (χ0v) is 14.0. The first kappa shape index (κ1) is 16.2. The van der Waals surface area contributed by atoms with Crippen molar-refractivity contribution >= 4 is 15.9 Å². The lowest BCUT2D eigenvalue weighted by Gasteiger charge is -2.21. The Labute approximate surface area is 133 Å². The van der Waals surface area contributed by atoms with Crippen molar-refractivity contribution in [1.29, 1.82) is 0 Å². The Morgan fingerprint density at radius 3 is 2.76 bits per heavy atom. The number of aromatic nitrogens is 2. The monoisotopic (exact) mass is 353 g/mol. The van der Waals surface area contributed by atoms with Crippen molar-refractivity contribution in [1.82, 2.24) is 15.1 Å². The number of benzene rings is 1. The number of hydrogen-bond acceptors (Lipinski definition) is 2. The summed E-state index contributed by atoms with van der Waals surface area (Å²) in [4.78, 5) is 0. The van der Waals surface area contributed by atoms with Crippen molar-refractivity contribution in [2.75, 3.05) is 6.54 Å². The van der Waals surface area contributed by atoms with Crippen LogP contribution in [0.25, 0.3) is 0 Å². The summed E-state index contributed by atoms with van der Waals surface area (Å²) >= 11 is 3.21. The van der Waals surface area contributed by atoms with Crippen LogP contribution in [0.15, 0.2) is 34.9 Å². The van der Waals surface area contributed by atoms with E-state index in [2.05, 4.69) is 40.2 Å². The number of hydrogen-bond donors (Lipinski definition) is 1. The van der Waals surface area contributed by atoms with Gasteiger partial charge in [0.1, 0.15) is 5.82 Å². The van der Waals surface area contributed by atoms with Crippen molar-refractivity contribution in [2.24, 2.45) is 0 Å². The zero-order chi connectivity index (χ0) is 15.2. The number of halogens is 2. The third-order valence-electron chi connectivity index (χ3n) is 3.36. The van der Waals surface area contributed by atoms with Gasteiger partial charge in [0.25, 0.3) is 0 Å². The van der Waals surface area contributed by atoms with E-state index in [-0.39, 0.29) is 11.9 Å². The highest BCUT2D eigenvalue weighted by Crippen LogP contribution is 2.26. The molecule has 0 aliphatic heterocycles. The van der Waals surface area contributed by atoms with E-state index >= 15 is 0 Å². The maximum atomic E-state index is 13.9. The van der Waals surface area contributed by atoms with Gasteiger partial charge in [-0.2, -0.15) is 5.10 Å². The third kappa shape index (κ3) is 3.92. The first-order valence-electron chi connectivity index (χ1n) is 7.37. The lowest BCUT2D eigenvalue weighted by molar-refractivity contribution is 0.509. The van der Waals surface area contributed by atoms with Gasteiger partial charge in [-0.25, -0.2) is 4.39 Å². The highest BCUT2D eigenvalue weighted by atomic mass is 79.9. The van der Waals surface area contributed by atoms with Crippen LogP contribution < -0.4 is 5.32 Å². The molecular formula is C16H21BrFN3. The molecule has 0 amide bonds. The number of rotatable bonds is 7. The van der Waals surface area contributed by atoms with Crippen LogP contribution in [0.1, 0.15) is 44.0 Å². The maximum Gasteiger partial charge on any atom is 0.137 e. The molecule has 1 heterocycles. The van der Waals surface area contributed by atoms with E-state index in [1.54, 1.807) is 18.3 Å². The smallest absolute Gasteiger partial charge is 0.137 e. The van der Waals surface area contributed by atoms with Gasteiger partial charge >= 0.3 is 0 Å². The summed E-state index contributed by atoms with van der Waals surface area (Å²) in [5.41, 5.74) is 1.99. The predicted molar refractivity (Wildman–Crippen MR) is 86.8 cm³/mol. The molecule has 21 heavy (non-hydrogen) atoms. The molecule has 0 aliphatic carbocycles. The molecule has 0 aliphatic rings. The molecule has 1 N–H and O–H groups in total. The van der Waals surface area contributed by atoms with Gasteiger partial charge in [0.2, 0.25) is 0 Å². The van der Waals surface area contributed by atoms with Crippen molar-refractivity contribution in [3.8, 4) is 0 Å².